The van der Waals surface area contributed by atoms with Crippen LogP contribution in [0.1, 0.15) is 31.9 Å². The van der Waals surface area contributed by atoms with E-state index in [1.165, 1.54) is 0 Å². The van der Waals surface area contributed by atoms with E-state index in [0.29, 0.717) is 6.54 Å². The van der Waals surface area contributed by atoms with Crippen LogP contribution >= 0.6 is 0 Å². The molecule has 0 aliphatic rings. The molecule has 90 valence electrons. The number of hydrogen-bond acceptors (Lipinski definition) is 4. The van der Waals surface area contributed by atoms with Crippen molar-refractivity contribution in [3.05, 3.63) is 23.9 Å². The fourth-order valence-electron chi connectivity index (χ4n) is 1.59. The highest BCUT2D eigenvalue weighted by Gasteiger charge is 2.07. The molecule has 0 aromatic carbocycles. The first-order valence-electron chi connectivity index (χ1n) is 5.76. The predicted octanol–water partition coefficient (Wildman–Crippen LogP) is 1.31. The van der Waals surface area contributed by atoms with Gasteiger partial charge in [-0.25, -0.2) is 4.98 Å². The third kappa shape index (κ3) is 3.47. The standard InChI is InChI=1S/C12H21N3O/c1-3-6-15(7-8-16)12-5-4-11(9-14-12)10(2)13/h4-5,9-10,16H,3,6-8,13H2,1-2H3/t10-/m1/s1. The summed E-state index contributed by atoms with van der Waals surface area (Å²) in [4.78, 5) is 6.45. The molecule has 1 rings (SSSR count). The molecule has 1 aromatic rings. The van der Waals surface area contributed by atoms with Gasteiger partial charge in [0.2, 0.25) is 0 Å². The van der Waals surface area contributed by atoms with Gasteiger partial charge in [0.15, 0.2) is 0 Å². The van der Waals surface area contributed by atoms with Gasteiger partial charge in [-0.1, -0.05) is 13.0 Å². The smallest absolute Gasteiger partial charge is 0.128 e. The van der Waals surface area contributed by atoms with Crippen molar-refractivity contribution >= 4 is 5.82 Å². The minimum absolute atomic E-state index is 0.0130. The molecule has 3 N–H and O–H groups in total. The van der Waals surface area contributed by atoms with Crippen LogP contribution in [0.5, 0.6) is 0 Å². The molecule has 4 nitrogen and oxygen atoms in total. The highest BCUT2D eigenvalue weighted by atomic mass is 16.3. The minimum atomic E-state index is 0.0130. The zero-order valence-corrected chi connectivity index (χ0v) is 10.1. The van der Waals surface area contributed by atoms with Crippen molar-refractivity contribution in [2.75, 3.05) is 24.6 Å². The second kappa shape index (κ2) is 6.45. The minimum Gasteiger partial charge on any atom is -0.395 e. The van der Waals surface area contributed by atoms with Crippen LogP contribution in [0.2, 0.25) is 0 Å². The van der Waals surface area contributed by atoms with Crippen LogP contribution < -0.4 is 10.6 Å². The van der Waals surface area contributed by atoms with Gasteiger partial charge in [-0.2, -0.15) is 0 Å². The maximum Gasteiger partial charge on any atom is 0.128 e. The lowest BCUT2D eigenvalue weighted by atomic mass is 10.1. The molecule has 0 saturated carbocycles. The quantitative estimate of drug-likeness (QED) is 0.763. The Morgan fingerprint density at radius 1 is 1.44 bits per heavy atom. The van der Waals surface area contributed by atoms with Gasteiger partial charge >= 0.3 is 0 Å². The normalized spacial score (nSPS) is 12.5. The van der Waals surface area contributed by atoms with Gasteiger partial charge in [-0.05, 0) is 25.0 Å². The van der Waals surface area contributed by atoms with Gasteiger partial charge in [0.25, 0.3) is 0 Å². The van der Waals surface area contributed by atoms with Crippen LogP contribution in [-0.4, -0.2) is 29.8 Å². The third-order valence-corrected chi connectivity index (χ3v) is 2.48. The predicted molar refractivity (Wildman–Crippen MR) is 66.4 cm³/mol. The van der Waals surface area contributed by atoms with Crippen LogP contribution in [0.4, 0.5) is 5.82 Å². The number of nitrogens with zero attached hydrogens (tertiary/aromatic N) is 2. The van der Waals surface area contributed by atoms with E-state index >= 15 is 0 Å². The van der Waals surface area contributed by atoms with Crippen molar-refractivity contribution in [3.63, 3.8) is 0 Å². The Morgan fingerprint density at radius 2 is 2.19 bits per heavy atom. The summed E-state index contributed by atoms with van der Waals surface area (Å²) in [7, 11) is 0. The number of nitrogens with two attached hydrogens (primary N) is 1. The molecule has 0 unspecified atom stereocenters. The van der Waals surface area contributed by atoms with Crippen molar-refractivity contribution < 1.29 is 5.11 Å². The average molecular weight is 223 g/mol. The molecule has 1 heterocycles. The third-order valence-electron chi connectivity index (χ3n) is 2.48. The first kappa shape index (κ1) is 12.9. The summed E-state index contributed by atoms with van der Waals surface area (Å²) < 4.78 is 0. The molecule has 16 heavy (non-hydrogen) atoms. The maximum atomic E-state index is 8.98. The largest absolute Gasteiger partial charge is 0.395 e. The molecular weight excluding hydrogens is 202 g/mol. The number of pyridine rings is 1. The maximum absolute atomic E-state index is 8.98. The molecule has 0 aliphatic carbocycles. The zero-order valence-electron chi connectivity index (χ0n) is 10.1. The summed E-state index contributed by atoms with van der Waals surface area (Å²) in [6.45, 7) is 5.73. The van der Waals surface area contributed by atoms with Crippen LogP contribution in [0.3, 0.4) is 0 Å². The summed E-state index contributed by atoms with van der Waals surface area (Å²) in [5, 5.41) is 8.98. The molecule has 0 saturated heterocycles. The highest BCUT2D eigenvalue weighted by molar-refractivity contribution is 5.39. The molecule has 0 bridgehead atoms. The van der Waals surface area contributed by atoms with E-state index in [1.54, 1.807) is 6.20 Å². The number of aliphatic hydroxyl groups is 1. The van der Waals surface area contributed by atoms with Gasteiger partial charge in [-0.3, -0.25) is 0 Å². The summed E-state index contributed by atoms with van der Waals surface area (Å²) in [5.74, 6) is 0.903. The molecule has 1 atom stereocenters. The Labute approximate surface area is 97.1 Å². The second-order valence-corrected chi connectivity index (χ2v) is 3.95. The fraction of sp³-hybridized carbons (Fsp3) is 0.583. The molecule has 1 aromatic heterocycles. The van der Waals surface area contributed by atoms with Crippen LogP contribution in [0, 0.1) is 0 Å². The SMILES string of the molecule is CCCN(CCO)c1ccc([C@@H](C)N)cn1. The second-order valence-electron chi connectivity index (χ2n) is 3.95. The number of hydrogen-bond donors (Lipinski definition) is 2. The Bertz CT molecular complexity index is 292. The van der Waals surface area contributed by atoms with E-state index < -0.39 is 0 Å². The summed E-state index contributed by atoms with van der Waals surface area (Å²) in [6.07, 6.45) is 2.84. The Morgan fingerprint density at radius 3 is 2.62 bits per heavy atom. The lowest BCUT2D eigenvalue weighted by molar-refractivity contribution is 0.301. The summed E-state index contributed by atoms with van der Waals surface area (Å²) in [6, 6.07) is 3.97. The average Bonchev–Trinajstić information content (AvgIpc) is 2.29. The first-order chi connectivity index (χ1) is 7.69. The Kier molecular flexibility index (Phi) is 5.22. The highest BCUT2D eigenvalue weighted by Crippen LogP contribution is 2.14. The van der Waals surface area contributed by atoms with Gasteiger partial charge in [0.05, 0.1) is 6.61 Å². The molecule has 0 fully saturated rings. The lowest BCUT2D eigenvalue weighted by Crippen LogP contribution is -2.28. The van der Waals surface area contributed by atoms with E-state index in [-0.39, 0.29) is 12.6 Å². The first-order valence-corrected chi connectivity index (χ1v) is 5.76. The van der Waals surface area contributed by atoms with Crippen LogP contribution in [0.15, 0.2) is 18.3 Å². The van der Waals surface area contributed by atoms with Gasteiger partial charge in [-0.15, -0.1) is 0 Å². The topological polar surface area (TPSA) is 62.4 Å². The molecular formula is C12H21N3O. The van der Waals surface area contributed by atoms with Crippen molar-refractivity contribution in [2.45, 2.75) is 26.3 Å². The Balaban J connectivity index is 2.76. The molecule has 0 radical (unpaired) electrons. The zero-order chi connectivity index (χ0) is 12.0. The Hall–Kier alpha value is -1.13. The number of aliphatic hydroxyl groups excluding tert-OH is 1. The van der Waals surface area contributed by atoms with E-state index in [2.05, 4.69) is 16.8 Å². The van der Waals surface area contributed by atoms with Gasteiger partial charge in [0, 0.05) is 25.3 Å². The monoisotopic (exact) mass is 223 g/mol. The molecule has 0 spiro atoms. The fourth-order valence-corrected chi connectivity index (χ4v) is 1.59. The van der Waals surface area contributed by atoms with E-state index in [0.717, 1.165) is 24.3 Å². The van der Waals surface area contributed by atoms with Crippen LogP contribution in [-0.2, 0) is 0 Å². The molecule has 4 heteroatoms. The van der Waals surface area contributed by atoms with E-state index in [9.17, 15) is 0 Å². The molecule has 0 aliphatic heterocycles. The lowest BCUT2D eigenvalue weighted by Gasteiger charge is -2.22. The van der Waals surface area contributed by atoms with Gasteiger partial charge < -0.3 is 15.7 Å². The van der Waals surface area contributed by atoms with Crippen molar-refractivity contribution in [3.8, 4) is 0 Å². The number of aromatic nitrogens is 1. The van der Waals surface area contributed by atoms with Crippen molar-refractivity contribution in [1.29, 1.82) is 0 Å². The van der Waals surface area contributed by atoms with E-state index in [1.807, 2.05) is 19.1 Å². The van der Waals surface area contributed by atoms with Crippen LogP contribution in [0.25, 0.3) is 0 Å². The van der Waals surface area contributed by atoms with Crippen molar-refractivity contribution in [2.24, 2.45) is 5.73 Å². The van der Waals surface area contributed by atoms with Gasteiger partial charge in [0.1, 0.15) is 5.82 Å². The van der Waals surface area contributed by atoms with E-state index in [4.69, 9.17) is 10.8 Å². The van der Waals surface area contributed by atoms with Crippen molar-refractivity contribution in [1.82, 2.24) is 4.98 Å². The summed E-state index contributed by atoms with van der Waals surface area (Å²) >= 11 is 0. The number of rotatable bonds is 6. The summed E-state index contributed by atoms with van der Waals surface area (Å²) in [5.41, 5.74) is 6.80. The molecule has 0 amide bonds. The number of anilines is 1.